The molecule has 0 saturated carbocycles. The van der Waals surface area contributed by atoms with Gasteiger partial charge in [-0.05, 0) is 54.1 Å². The summed E-state index contributed by atoms with van der Waals surface area (Å²) in [4.78, 5) is 21.5. The maximum atomic E-state index is 11.2. The molecular weight excluding hydrogens is 264 g/mol. The van der Waals surface area contributed by atoms with Crippen LogP contribution in [0.5, 0.6) is 0 Å². The highest BCUT2D eigenvalue weighted by atomic mass is 28.4. The number of hydrogen-bond donors (Lipinski definition) is 1. The van der Waals surface area contributed by atoms with Crippen LogP contribution in [0.3, 0.4) is 0 Å². The number of carbonyl (C=O) groups excluding carboxylic acids is 1. The second-order valence-electron chi connectivity index (χ2n) is 7.18. The summed E-state index contributed by atoms with van der Waals surface area (Å²) in [6.07, 6.45) is 2.81. The zero-order chi connectivity index (χ0) is 15.6. The van der Waals surface area contributed by atoms with Crippen LogP contribution in [0.1, 0.15) is 61.5 Å². The van der Waals surface area contributed by atoms with Crippen LogP contribution in [0.25, 0.3) is 0 Å². The van der Waals surface area contributed by atoms with Gasteiger partial charge in [0.2, 0.25) is 0 Å². The van der Waals surface area contributed by atoms with Crippen molar-refractivity contribution < 1.29 is 9.59 Å². The van der Waals surface area contributed by atoms with E-state index in [-0.39, 0.29) is 5.04 Å². The van der Waals surface area contributed by atoms with Crippen LogP contribution in [-0.4, -0.2) is 19.4 Å². The van der Waals surface area contributed by atoms with Gasteiger partial charge in [0, 0.05) is 5.56 Å². The van der Waals surface area contributed by atoms with Gasteiger partial charge in [-0.15, -0.1) is 0 Å². The summed E-state index contributed by atoms with van der Waals surface area (Å²) < 4.78 is 0. The fraction of sp³-hybridized carbons (Fsp3) is 0.588. The third-order valence-corrected chi connectivity index (χ3v) is 8.16. The third-order valence-electron chi connectivity index (χ3n) is 4.60. The Morgan fingerprint density at radius 3 is 2.35 bits per heavy atom. The van der Waals surface area contributed by atoms with Crippen LogP contribution in [0, 0.1) is 0 Å². The fourth-order valence-electron chi connectivity index (χ4n) is 2.17. The molecule has 2 nitrogen and oxygen atoms in total. The number of aryl methyl sites for hydroxylation is 1. The SMILES string of the molecule is CC(C)c1ccc(CCC(C)(C)[Si](C)(C)O)cc1C=O. The third kappa shape index (κ3) is 4.03. The molecule has 0 unspecified atom stereocenters. The van der Waals surface area contributed by atoms with Crippen molar-refractivity contribution >= 4 is 14.6 Å². The minimum Gasteiger partial charge on any atom is -0.432 e. The Bertz CT molecular complexity index is 470. The Morgan fingerprint density at radius 2 is 1.90 bits per heavy atom. The minimum absolute atomic E-state index is 0.0228. The highest BCUT2D eigenvalue weighted by Crippen LogP contribution is 2.39. The number of benzene rings is 1. The van der Waals surface area contributed by atoms with Gasteiger partial charge in [0.1, 0.15) is 6.29 Å². The van der Waals surface area contributed by atoms with Crippen molar-refractivity contribution in [3.63, 3.8) is 0 Å². The van der Waals surface area contributed by atoms with Gasteiger partial charge in [-0.2, -0.15) is 0 Å². The molecule has 1 aromatic carbocycles. The molecule has 0 bridgehead atoms. The monoisotopic (exact) mass is 292 g/mol. The quantitative estimate of drug-likeness (QED) is 0.617. The first-order valence-corrected chi connectivity index (χ1v) is 10.3. The zero-order valence-electron chi connectivity index (χ0n) is 13.7. The van der Waals surface area contributed by atoms with E-state index in [2.05, 4.69) is 39.8 Å². The molecule has 0 radical (unpaired) electrons. The summed E-state index contributed by atoms with van der Waals surface area (Å²) >= 11 is 0. The molecule has 0 amide bonds. The summed E-state index contributed by atoms with van der Waals surface area (Å²) in [5.74, 6) is 0.365. The van der Waals surface area contributed by atoms with Gasteiger partial charge in [-0.25, -0.2) is 0 Å². The lowest BCUT2D eigenvalue weighted by Gasteiger charge is -2.35. The summed E-state index contributed by atoms with van der Waals surface area (Å²) in [5.41, 5.74) is 3.10. The van der Waals surface area contributed by atoms with Gasteiger partial charge >= 0.3 is 0 Å². The van der Waals surface area contributed by atoms with E-state index in [0.29, 0.717) is 5.92 Å². The van der Waals surface area contributed by atoms with Crippen molar-refractivity contribution in [1.82, 2.24) is 0 Å². The number of hydrogen-bond acceptors (Lipinski definition) is 2. The Morgan fingerprint density at radius 1 is 1.30 bits per heavy atom. The summed E-state index contributed by atoms with van der Waals surface area (Å²) in [7, 11) is -2.16. The molecule has 0 aliphatic heterocycles. The van der Waals surface area contributed by atoms with Gasteiger partial charge in [-0.1, -0.05) is 39.8 Å². The van der Waals surface area contributed by atoms with E-state index in [1.165, 1.54) is 5.56 Å². The minimum atomic E-state index is -2.16. The number of aldehydes is 1. The van der Waals surface area contributed by atoms with Crippen LogP contribution in [0.4, 0.5) is 0 Å². The highest BCUT2D eigenvalue weighted by molar-refractivity contribution is 6.72. The van der Waals surface area contributed by atoms with Crippen molar-refractivity contribution in [3.05, 3.63) is 34.9 Å². The Kier molecular flexibility index (Phi) is 5.33. The molecule has 1 aromatic rings. The molecule has 0 saturated heterocycles. The number of rotatable bonds is 6. The van der Waals surface area contributed by atoms with Gasteiger partial charge < -0.3 is 4.80 Å². The van der Waals surface area contributed by atoms with E-state index in [4.69, 9.17) is 0 Å². The zero-order valence-corrected chi connectivity index (χ0v) is 14.7. The standard InChI is InChI=1S/C17H28O2Si/c1-13(2)16-8-7-14(11-15(16)12-18)9-10-17(3,4)20(5,6)19/h7-8,11-13,19H,9-10H2,1-6H3. The van der Waals surface area contributed by atoms with Gasteiger partial charge in [0.25, 0.3) is 0 Å². The van der Waals surface area contributed by atoms with E-state index in [0.717, 1.165) is 30.3 Å². The smallest absolute Gasteiger partial charge is 0.188 e. The molecule has 112 valence electrons. The van der Waals surface area contributed by atoms with Crippen molar-refractivity contribution in [3.8, 4) is 0 Å². The van der Waals surface area contributed by atoms with E-state index >= 15 is 0 Å². The van der Waals surface area contributed by atoms with Crippen molar-refractivity contribution in [1.29, 1.82) is 0 Å². The van der Waals surface area contributed by atoms with E-state index < -0.39 is 8.32 Å². The van der Waals surface area contributed by atoms with Gasteiger partial charge in [0.15, 0.2) is 8.32 Å². The van der Waals surface area contributed by atoms with Gasteiger partial charge in [0.05, 0.1) is 0 Å². The molecule has 3 heteroatoms. The predicted octanol–water partition coefficient (Wildman–Crippen LogP) is 4.53. The molecule has 0 spiro atoms. The fourth-order valence-corrected chi connectivity index (χ4v) is 2.91. The first-order valence-electron chi connectivity index (χ1n) is 7.39. The topological polar surface area (TPSA) is 37.3 Å². The molecule has 0 aliphatic carbocycles. The molecule has 0 aliphatic rings. The lowest BCUT2D eigenvalue weighted by Crippen LogP contribution is -2.39. The average Bonchev–Trinajstić information content (AvgIpc) is 2.34. The lowest BCUT2D eigenvalue weighted by molar-refractivity contribution is 0.112. The highest BCUT2D eigenvalue weighted by Gasteiger charge is 2.37. The summed E-state index contributed by atoms with van der Waals surface area (Å²) in [6, 6.07) is 6.19. The van der Waals surface area contributed by atoms with E-state index in [1.807, 2.05) is 19.2 Å². The molecule has 1 rings (SSSR count). The Hall–Kier alpha value is -0.933. The second-order valence-corrected chi connectivity index (χ2v) is 11.7. The average molecular weight is 292 g/mol. The molecular formula is C17H28O2Si. The van der Waals surface area contributed by atoms with Crippen LogP contribution in [0.2, 0.25) is 18.1 Å². The first-order chi connectivity index (χ1) is 9.08. The largest absolute Gasteiger partial charge is 0.432 e. The molecule has 0 fully saturated rings. The van der Waals surface area contributed by atoms with Crippen LogP contribution in [-0.2, 0) is 6.42 Å². The summed E-state index contributed by atoms with van der Waals surface area (Å²) in [6.45, 7) is 12.5. The second kappa shape index (κ2) is 6.23. The summed E-state index contributed by atoms with van der Waals surface area (Å²) in [5, 5.41) is -0.0228. The molecule has 0 atom stereocenters. The molecule has 20 heavy (non-hydrogen) atoms. The lowest BCUT2D eigenvalue weighted by atomic mass is 9.93. The van der Waals surface area contributed by atoms with Crippen molar-refractivity contribution in [2.75, 3.05) is 0 Å². The van der Waals surface area contributed by atoms with Crippen LogP contribution in [0.15, 0.2) is 18.2 Å². The first kappa shape index (κ1) is 17.1. The van der Waals surface area contributed by atoms with Crippen molar-refractivity contribution in [2.24, 2.45) is 0 Å². The molecule has 1 N–H and O–H groups in total. The number of carbonyl (C=O) groups is 1. The predicted molar refractivity (Wildman–Crippen MR) is 88.0 cm³/mol. The van der Waals surface area contributed by atoms with Gasteiger partial charge in [-0.3, -0.25) is 4.79 Å². The maximum Gasteiger partial charge on any atom is 0.188 e. The van der Waals surface area contributed by atoms with E-state index in [1.54, 1.807) is 0 Å². The molecule has 0 aromatic heterocycles. The van der Waals surface area contributed by atoms with Crippen LogP contribution < -0.4 is 0 Å². The maximum absolute atomic E-state index is 11.2. The Labute approximate surface area is 124 Å². The van der Waals surface area contributed by atoms with Crippen LogP contribution >= 0.6 is 0 Å². The van der Waals surface area contributed by atoms with E-state index in [9.17, 15) is 9.59 Å². The van der Waals surface area contributed by atoms with Crippen molar-refractivity contribution in [2.45, 2.75) is 64.6 Å². The molecule has 0 heterocycles. The Balaban J connectivity index is 2.88. The normalized spacial score (nSPS) is 12.8.